The third-order valence-corrected chi connectivity index (χ3v) is 6.35. The van der Waals surface area contributed by atoms with Crippen molar-refractivity contribution >= 4 is 12.1 Å². The van der Waals surface area contributed by atoms with Crippen LogP contribution in [-0.2, 0) is 17.8 Å². The number of benzene rings is 3. The highest BCUT2D eigenvalue weighted by Gasteiger charge is 2.20. The van der Waals surface area contributed by atoms with Gasteiger partial charge in [0.1, 0.15) is 23.8 Å². The third-order valence-electron chi connectivity index (χ3n) is 6.35. The number of carbonyl (C=O) groups is 2. The molecule has 1 aromatic heterocycles. The maximum atomic E-state index is 12.8. The van der Waals surface area contributed by atoms with Gasteiger partial charge in [-0.05, 0) is 60.4 Å². The summed E-state index contributed by atoms with van der Waals surface area (Å²) in [7, 11) is 1.54. The minimum atomic E-state index is -1.13. The lowest BCUT2D eigenvalue weighted by atomic mass is 9.98. The molecule has 3 aromatic carbocycles. The molecule has 0 saturated carbocycles. The Morgan fingerprint density at radius 2 is 1.75 bits per heavy atom. The quantitative estimate of drug-likeness (QED) is 0.213. The van der Waals surface area contributed by atoms with Gasteiger partial charge in [-0.1, -0.05) is 61.5 Å². The zero-order valence-corrected chi connectivity index (χ0v) is 22.7. The van der Waals surface area contributed by atoms with Gasteiger partial charge in [0.15, 0.2) is 0 Å². The molecule has 206 valence electrons. The molecule has 0 radical (unpaired) electrons. The van der Waals surface area contributed by atoms with Crippen molar-refractivity contribution in [1.29, 1.82) is 0 Å². The number of carboxylic acid groups (broad SMARTS) is 1. The fourth-order valence-corrected chi connectivity index (χ4v) is 4.17. The molecule has 0 bridgehead atoms. The number of hydrogen-bond acceptors (Lipinski definition) is 6. The Kier molecular flexibility index (Phi) is 9.35. The Bertz CT molecular complexity index is 1460. The summed E-state index contributed by atoms with van der Waals surface area (Å²) in [6.07, 6.45) is 4.06. The van der Waals surface area contributed by atoms with Crippen molar-refractivity contribution in [3.8, 4) is 23.0 Å². The Morgan fingerprint density at radius 3 is 2.45 bits per heavy atom. The molecule has 0 aliphatic heterocycles. The summed E-state index contributed by atoms with van der Waals surface area (Å²) in [5, 5.41) is 9.38. The van der Waals surface area contributed by atoms with E-state index in [0.717, 1.165) is 33.0 Å². The van der Waals surface area contributed by atoms with Gasteiger partial charge in [-0.25, -0.2) is 9.78 Å². The highest BCUT2D eigenvalue weighted by atomic mass is 16.6. The van der Waals surface area contributed by atoms with E-state index < -0.39 is 18.6 Å². The molecule has 0 aliphatic rings. The number of amides is 1. The second kappa shape index (κ2) is 13.3. The molecule has 0 aliphatic carbocycles. The standard InChI is InChI=1S/C32H32N2O6/c1-22(9-7-14-29-23(2)39-31(33-29)25-11-5-4-6-12-25)26-13-8-10-24(19-26)20-34(21-30(35)36)32(37)40-28-17-15-27(38-3)16-18-28/h4-13,15-19,22H,14,20-21H2,1-3H3,(H,35,36)/b9-7+. The normalized spacial score (nSPS) is 11.8. The molecule has 1 heterocycles. The van der Waals surface area contributed by atoms with Crippen LogP contribution in [0.2, 0.25) is 0 Å². The second-order valence-electron chi connectivity index (χ2n) is 9.35. The van der Waals surface area contributed by atoms with Crippen LogP contribution in [0.4, 0.5) is 4.79 Å². The first-order valence-corrected chi connectivity index (χ1v) is 12.9. The third kappa shape index (κ3) is 7.60. The summed E-state index contributed by atoms with van der Waals surface area (Å²) >= 11 is 0. The predicted octanol–water partition coefficient (Wildman–Crippen LogP) is 6.65. The monoisotopic (exact) mass is 540 g/mol. The molecular formula is C32H32N2O6. The lowest BCUT2D eigenvalue weighted by Gasteiger charge is -2.21. The molecule has 4 rings (SSSR count). The lowest BCUT2D eigenvalue weighted by molar-refractivity contribution is -0.138. The fourth-order valence-electron chi connectivity index (χ4n) is 4.17. The number of carbonyl (C=O) groups excluding carboxylic acids is 1. The van der Waals surface area contributed by atoms with Crippen molar-refractivity contribution in [2.24, 2.45) is 0 Å². The fraction of sp³-hybridized carbons (Fsp3) is 0.219. The van der Waals surface area contributed by atoms with E-state index in [9.17, 15) is 14.7 Å². The summed E-state index contributed by atoms with van der Waals surface area (Å²) in [4.78, 5) is 30.1. The first-order valence-electron chi connectivity index (χ1n) is 12.9. The minimum absolute atomic E-state index is 0.0833. The maximum Gasteiger partial charge on any atom is 0.416 e. The van der Waals surface area contributed by atoms with E-state index in [1.807, 2.05) is 61.5 Å². The zero-order valence-electron chi connectivity index (χ0n) is 22.7. The van der Waals surface area contributed by atoms with Crippen LogP contribution < -0.4 is 9.47 Å². The highest BCUT2D eigenvalue weighted by Crippen LogP contribution is 2.24. The van der Waals surface area contributed by atoms with E-state index in [2.05, 4.69) is 24.1 Å². The molecule has 0 spiro atoms. The minimum Gasteiger partial charge on any atom is -0.497 e. The number of oxazole rings is 1. The molecule has 8 nitrogen and oxygen atoms in total. The number of aromatic nitrogens is 1. The first-order chi connectivity index (χ1) is 19.3. The SMILES string of the molecule is COc1ccc(OC(=O)N(CC(=O)O)Cc2cccc(C(C)/C=C/Cc3nc(-c4ccccc4)oc3C)c2)cc1. The molecule has 1 N–H and O–H groups in total. The van der Waals surface area contributed by atoms with Crippen LogP contribution in [0.1, 0.15) is 35.4 Å². The van der Waals surface area contributed by atoms with Crippen LogP contribution in [-0.4, -0.2) is 40.7 Å². The van der Waals surface area contributed by atoms with E-state index in [-0.39, 0.29) is 12.5 Å². The van der Waals surface area contributed by atoms with E-state index >= 15 is 0 Å². The van der Waals surface area contributed by atoms with Crippen molar-refractivity contribution < 1.29 is 28.6 Å². The van der Waals surface area contributed by atoms with Crippen LogP contribution in [0.25, 0.3) is 11.5 Å². The smallest absolute Gasteiger partial charge is 0.416 e. The van der Waals surface area contributed by atoms with E-state index in [4.69, 9.17) is 13.9 Å². The number of aryl methyl sites for hydroxylation is 1. The molecular weight excluding hydrogens is 508 g/mol. The summed E-state index contributed by atoms with van der Waals surface area (Å²) in [5.74, 6) is 1.27. The van der Waals surface area contributed by atoms with Crippen LogP contribution in [0, 0.1) is 6.92 Å². The molecule has 1 unspecified atom stereocenters. The van der Waals surface area contributed by atoms with Gasteiger partial charge in [0, 0.05) is 18.5 Å². The first kappa shape index (κ1) is 28.2. The van der Waals surface area contributed by atoms with Gasteiger partial charge in [0.2, 0.25) is 5.89 Å². The molecule has 1 atom stereocenters. The Balaban J connectivity index is 1.40. The summed E-state index contributed by atoms with van der Waals surface area (Å²) in [5.41, 5.74) is 3.66. The number of hydrogen-bond donors (Lipinski definition) is 1. The maximum absolute atomic E-state index is 12.8. The predicted molar refractivity (Wildman–Crippen MR) is 151 cm³/mol. The highest BCUT2D eigenvalue weighted by molar-refractivity contribution is 5.78. The van der Waals surface area contributed by atoms with Crippen molar-refractivity contribution in [1.82, 2.24) is 9.88 Å². The largest absolute Gasteiger partial charge is 0.497 e. The summed E-state index contributed by atoms with van der Waals surface area (Å²) in [6.45, 7) is 3.59. The average molecular weight is 541 g/mol. The number of ether oxygens (including phenoxy) is 2. The van der Waals surface area contributed by atoms with E-state index in [1.54, 1.807) is 31.4 Å². The van der Waals surface area contributed by atoms with Gasteiger partial charge in [-0.15, -0.1) is 0 Å². The Hall–Kier alpha value is -4.85. The Labute approximate surface area is 233 Å². The lowest BCUT2D eigenvalue weighted by Crippen LogP contribution is -2.37. The Morgan fingerprint density at radius 1 is 1.02 bits per heavy atom. The summed E-state index contributed by atoms with van der Waals surface area (Å²) < 4.78 is 16.4. The number of rotatable bonds is 11. The average Bonchev–Trinajstić information content (AvgIpc) is 3.33. The van der Waals surface area contributed by atoms with E-state index in [0.29, 0.717) is 23.8 Å². The van der Waals surface area contributed by atoms with Gasteiger partial charge in [0.05, 0.1) is 12.8 Å². The molecule has 8 heteroatoms. The van der Waals surface area contributed by atoms with E-state index in [1.165, 1.54) is 0 Å². The van der Waals surface area contributed by atoms with Crippen LogP contribution in [0.3, 0.4) is 0 Å². The van der Waals surface area contributed by atoms with Crippen molar-refractivity contribution in [3.63, 3.8) is 0 Å². The molecule has 4 aromatic rings. The van der Waals surface area contributed by atoms with Crippen LogP contribution in [0.15, 0.2) is 95.4 Å². The topological polar surface area (TPSA) is 102 Å². The number of nitrogens with zero attached hydrogens (tertiary/aromatic N) is 2. The molecule has 40 heavy (non-hydrogen) atoms. The van der Waals surface area contributed by atoms with Crippen molar-refractivity contribution in [3.05, 3.63) is 114 Å². The number of allylic oxidation sites excluding steroid dienone is 2. The van der Waals surface area contributed by atoms with Gasteiger partial charge in [-0.2, -0.15) is 0 Å². The van der Waals surface area contributed by atoms with Gasteiger partial charge < -0.3 is 19.0 Å². The molecule has 1 amide bonds. The zero-order chi connectivity index (χ0) is 28.5. The van der Waals surface area contributed by atoms with Crippen molar-refractivity contribution in [2.75, 3.05) is 13.7 Å². The second-order valence-corrected chi connectivity index (χ2v) is 9.35. The van der Waals surface area contributed by atoms with Gasteiger partial charge >= 0.3 is 12.1 Å². The number of carboxylic acids is 1. The number of methoxy groups -OCH3 is 1. The summed E-state index contributed by atoms with van der Waals surface area (Å²) in [6, 6.07) is 24.0. The van der Waals surface area contributed by atoms with Crippen LogP contribution >= 0.6 is 0 Å². The van der Waals surface area contributed by atoms with Crippen molar-refractivity contribution in [2.45, 2.75) is 32.7 Å². The molecule has 0 saturated heterocycles. The molecule has 0 fully saturated rings. The number of aliphatic carboxylic acids is 1. The van der Waals surface area contributed by atoms with Gasteiger partial charge in [-0.3, -0.25) is 9.69 Å². The van der Waals surface area contributed by atoms with Crippen LogP contribution in [0.5, 0.6) is 11.5 Å². The van der Waals surface area contributed by atoms with Gasteiger partial charge in [0.25, 0.3) is 0 Å².